The van der Waals surface area contributed by atoms with Crippen molar-refractivity contribution < 1.29 is 19.7 Å². The van der Waals surface area contributed by atoms with Crippen LogP contribution in [0, 0.1) is 0 Å². The zero-order valence-corrected chi connectivity index (χ0v) is 11.4. The molecule has 1 unspecified atom stereocenters. The maximum absolute atomic E-state index is 11.3. The van der Waals surface area contributed by atoms with Crippen LogP contribution in [-0.4, -0.2) is 48.1 Å². The Morgan fingerprint density at radius 2 is 1.95 bits per heavy atom. The number of carbonyl (C=O) groups is 1. The number of ether oxygens (including phenoxy) is 1. The summed E-state index contributed by atoms with van der Waals surface area (Å²) in [5.41, 5.74) is -0.00989. The van der Waals surface area contributed by atoms with E-state index in [-0.39, 0.29) is 0 Å². The summed E-state index contributed by atoms with van der Waals surface area (Å²) in [7, 11) is 0. The summed E-state index contributed by atoms with van der Waals surface area (Å²) in [6, 6.07) is 9.14. The molecule has 1 atom stereocenters. The van der Waals surface area contributed by atoms with E-state index in [0.29, 0.717) is 39.1 Å². The normalized spacial score (nSPS) is 19.4. The highest BCUT2D eigenvalue weighted by Crippen LogP contribution is 2.20. The van der Waals surface area contributed by atoms with Crippen molar-refractivity contribution in [2.75, 3.05) is 26.3 Å². The summed E-state index contributed by atoms with van der Waals surface area (Å²) in [5, 5.41) is 22.7. The molecule has 1 aliphatic rings. The van der Waals surface area contributed by atoms with Crippen LogP contribution in [0.15, 0.2) is 30.3 Å². The molecule has 110 valence electrons. The van der Waals surface area contributed by atoms with E-state index in [1.165, 1.54) is 0 Å². The molecule has 5 nitrogen and oxygen atoms in total. The summed E-state index contributed by atoms with van der Waals surface area (Å²) in [6.45, 7) is 1.81. The lowest BCUT2D eigenvalue weighted by atomic mass is 9.93. The van der Waals surface area contributed by atoms with Crippen molar-refractivity contribution in [1.82, 2.24) is 5.32 Å². The lowest BCUT2D eigenvalue weighted by molar-refractivity contribution is -0.138. The average Bonchev–Trinajstić information content (AvgIpc) is 2.45. The average molecular weight is 279 g/mol. The largest absolute Gasteiger partial charge is 0.481 e. The molecule has 2 rings (SSSR count). The molecule has 1 fully saturated rings. The minimum absolute atomic E-state index is 0.308. The van der Waals surface area contributed by atoms with Gasteiger partial charge in [-0.15, -0.1) is 0 Å². The summed E-state index contributed by atoms with van der Waals surface area (Å²) >= 11 is 0. The summed E-state index contributed by atoms with van der Waals surface area (Å²) in [6.07, 6.45) is 1.17. The van der Waals surface area contributed by atoms with Gasteiger partial charge >= 0.3 is 5.97 Å². The van der Waals surface area contributed by atoms with Crippen molar-refractivity contribution >= 4 is 5.97 Å². The number of aliphatic hydroxyl groups is 1. The second-order valence-electron chi connectivity index (χ2n) is 5.27. The number of benzene rings is 1. The lowest BCUT2D eigenvalue weighted by Gasteiger charge is -2.32. The van der Waals surface area contributed by atoms with E-state index in [9.17, 15) is 15.0 Å². The Balaban J connectivity index is 1.88. The molecular formula is C15H21NO4. The van der Waals surface area contributed by atoms with Crippen LogP contribution in [0.4, 0.5) is 0 Å². The van der Waals surface area contributed by atoms with Gasteiger partial charge in [0.05, 0.1) is 11.5 Å². The number of nitrogens with one attached hydrogen (secondary N) is 1. The topological polar surface area (TPSA) is 78.8 Å². The number of carboxylic acids is 1. The van der Waals surface area contributed by atoms with Gasteiger partial charge in [-0.05, 0) is 5.56 Å². The molecule has 0 saturated carbocycles. The first kappa shape index (κ1) is 15.0. The lowest BCUT2D eigenvalue weighted by Crippen LogP contribution is -2.46. The van der Waals surface area contributed by atoms with Crippen LogP contribution in [0.25, 0.3) is 0 Å². The van der Waals surface area contributed by atoms with Gasteiger partial charge in [0.25, 0.3) is 0 Å². The Morgan fingerprint density at radius 1 is 1.30 bits per heavy atom. The molecule has 0 amide bonds. The van der Waals surface area contributed by atoms with E-state index in [0.717, 1.165) is 5.56 Å². The molecule has 0 aromatic heterocycles. The van der Waals surface area contributed by atoms with Crippen LogP contribution in [0.2, 0.25) is 0 Å². The molecule has 1 aromatic carbocycles. The summed E-state index contributed by atoms with van der Waals surface area (Å²) in [5.74, 6) is -1.46. The van der Waals surface area contributed by atoms with Crippen LogP contribution in [0.1, 0.15) is 24.3 Å². The zero-order chi connectivity index (χ0) is 14.4. The molecule has 3 N–H and O–H groups in total. The fraction of sp³-hybridized carbons (Fsp3) is 0.533. The van der Waals surface area contributed by atoms with E-state index in [4.69, 9.17) is 4.74 Å². The zero-order valence-electron chi connectivity index (χ0n) is 11.4. The van der Waals surface area contributed by atoms with Gasteiger partial charge in [0, 0.05) is 39.1 Å². The maximum Gasteiger partial charge on any atom is 0.312 e. The van der Waals surface area contributed by atoms with Crippen molar-refractivity contribution in [1.29, 1.82) is 0 Å². The highest BCUT2D eigenvalue weighted by atomic mass is 16.5. The van der Waals surface area contributed by atoms with Gasteiger partial charge in [0.2, 0.25) is 0 Å². The minimum Gasteiger partial charge on any atom is -0.481 e. The molecule has 1 aromatic rings. The molecule has 0 spiro atoms. The molecule has 0 radical (unpaired) electrons. The van der Waals surface area contributed by atoms with Crippen molar-refractivity contribution in [3.63, 3.8) is 0 Å². The van der Waals surface area contributed by atoms with Gasteiger partial charge in [0.15, 0.2) is 0 Å². The molecule has 0 aliphatic carbocycles. The van der Waals surface area contributed by atoms with E-state index >= 15 is 0 Å². The molecule has 1 aliphatic heterocycles. The minimum atomic E-state index is -0.859. The monoisotopic (exact) mass is 279 g/mol. The number of rotatable bonds is 6. The third-order valence-corrected chi connectivity index (χ3v) is 3.73. The fourth-order valence-corrected chi connectivity index (χ4v) is 2.41. The van der Waals surface area contributed by atoms with Crippen LogP contribution >= 0.6 is 0 Å². The smallest absolute Gasteiger partial charge is 0.312 e. The Morgan fingerprint density at radius 3 is 2.55 bits per heavy atom. The third kappa shape index (κ3) is 4.03. The molecule has 0 bridgehead atoms. The summed E-state index contributed by atoms with van der Waals surface area (Å²) < 4.78 is 5.22. The molecule has 1 heterocycles. The first-order valence-corrected chi connectivity index (χ1v) is 6.89. The van der Waals surface area contributed by atoms with Gasteiger partial charge in [-0.2, -0.15) is 0 Å². The first-order chi connectivity index (χ1) is 9.61. The van der Waals surface area contributed by atoms with Gasteiger partial charge in [0.1, 0.15) is 0 Å². The number of carboxylic acid groups (broad SMARTS) is 1. The molecular weight excluding hydrogens is 258 g/mol. The number of hydrogen-bond acceptors (Lipinski definition) is 4. The Labute approximate surface area is 118 Å². The predicted octanol–water partition coefficient (Wildman–Crippen LogP) is 0.986. The Bertz CT molecular complexity index is 429. The van der Waals surface area contributed by atoms with E-state index in [1.54, 1.807) is 0 Å². The molecule has 1 saturated heterocycles. The van der Waals surface area contributed by atoms with Gasteiger partial charge in [-0.3, -0.25) is 4.79 Å². The van der Waals surface area contributed by atoms with E-state index in [1.807, 2.05) is 30.3 Å². The van der Waals surface area contributed by atoms with Crippen molar-refractivity contribution in [2.45, 2.75) is 24.4 Å². The fourth-order valence-electron chi connectivity index (χ4n) is 2.41. The van der Waals surface area contributed by atoms with Crippen molar-refractivity contribution in [3.05, 3.63) is 35.9 Å². The molecule has 20 heavy (non-hydrogen) atoms. The highest BCUT2D eigenvalue weighted by molar-refractivity contribution is 5.76. The Kier molecular flexibility index (Phi) is 5.11. The van der Waals surface area contributed by atoms with E-state index < -0.39 is 17.5 Å². The first-order valence-electron chi connectivity index (χ1n) is 6.89. The standard InChI is InChI=1S/C15H21NO4/c17-14(18)13(12-4-2-1-3-5-12)10-16-11-15(19)6-8-20-9-7-15/h1-5,13,16,19H,6-11H2,(H,17,18). The second-order valence-corrected chi connectivity index (χ2v) is 5.27. The number of aliphatic carboxylic acids is 1. The quantitative estimate of drug-likeness (QED) is 0.723. The van der Waals surface area contributed by atoms with Crippen molar-refractivity contribution in [2.24, 2.45) is 0 Å². The van der Waals surface area contributed by atoms with Crippen LogP contribution < -0.4 is 5.32 Å². The Hall–Kier alpha value is -1.43. The van der Waals surface area contributed by atoms with Gasteiger partial charge < -0.3 is 20.3 Å². The number of hydrogen-bond donors (Lipinski definition) is 3. The SMILES string of the molecule is O=C(O)C(CNCC1(O)CCOCC1)c1ccccc1. The van der Waals surface area contributed by atoms with Crippen LogP contribution in [-0.2, 0) is 9.53 Å². The second kappa shape index (κ2) is 6.83. The van der Waals surface area contributed by atoms with Gasteiger partial charge in [-0.1, -0.05) is 30.3 Å². The summed E-state index contributed by atoms with van der Waals surface area (Å²) in [4.78, 5) is 11.3. The van der Waals surface area contributed by atoms with E-state index in [2.05, 4.69) is 5.32 Å². The molecule has 5 heteroatoms. The predicted molar refractivity (Wildman–Crippen MR) is 74.7 cm³/mol. The van der Waals surface area contributed by atoms with Crippen LogP contribution in [0.5, 0.6) is 0 Å². The van der Waals surface area contributed by atoms with Gasteiger partial charge in [-0.25, -0.2) is 0 Å². The van der Waals surface area contributed by atoms with Crippen LogP contribution in [0.3, 0.4) is 0 Å². The highest BCUT2D eigenvalue weighted by Gasteiger charge is 2.30. The maximum atomic E-state index is 11.3. The third-order valence-electron chi connectivity index (χ3n) is 3.73. The van der Waals surface area contributed by atoms with Crippen molar-refractivity contribution in [3.8, 4) is 0 Å².